The molecule has 12 heteroatoms. The van der Waals surface area contributed by atoms with Gasteiger partial charge in [-0.3, -0.25) is 9.59 Å². The van der Waals surface area contributed by atoms with Crippen LogP contribution in [0.1, 0.15) is 47.8 Å². The molecule has 4 rings (SSSR count). The summed E-state index contributed by atoms with van der Waals surface area (Å²) >= 11 is 0. The van der Waals surface area contributed by atoms with Gasteiger partial charge in [0.1, 0.15) is 5.75 Å². The number of hydrogen-bond acceptors (Lipinski definition) is 9. The molecule has 0 atom stereocenters. The van der Waals surface area contributed by atoms with Crippen molar-refractivity contribution in [3.63, 3.8) is 0 Å². The van der Waals surface area contributed by atoms with Crippen molar-refractivity contribution in [3.05, 3.63) is 60.0 Å². The van der Waals surface area contributed by atoms with E-state index in [1.807, 2.05) is 12.1 Å². The fourth-order valence-corrected chi connectivity index (χ4v) is 4.44. The summed E-state index contributed by atoms with van der Waals surface area (Å²) < 4.78 is 32.8. The van der Waals surface area contributed by atoms with Gasteiger partial charge in [-0.05, 0) is 61.4 Å². The Bertz CT molecular complexity index is 1310. The zero-order valence-electron chi connectivity index (χ0n) is 18.8. The largest absolute Gasteiger partial charge is 0.481 e. The van der Waals surface area contributed by atoms with Gasteiger partial charge in [-0.1, -0.05) is 23.3 Å². The molecule has 1 heterocycles. The average molecular weight is 501 g/mol. The molecule has 0 aliphatic heterocycles. The molecule has 0 radical (unpaired) electrons. The minimum absolute atomic E-state index is 0.0565. The summed E-state index contributed by atoms with van der Waals surface area (Å²) in [6, 6.07) is 13.5. The third-order valence-electron chi connectivity index (χ3n) is 5.67. The van der Waals surface area contributed by atoms with Gasteiger partial charge in [-0.2, -0.15) is 8.42 Å². The molecule has 1 aromatic heterocycles. The molecule has 1 saturated carbocycles. The van der Waals surface area contributed by atoms with Crippen LogP contribution in [0.5, 0.6) is 5.75 Å². The van der Waals surface area contributed by atoms with Gasteiger partial charge in [-0.15, -0.1) is 5.10 Å². The highest BCUT2D eigenvalue weighted by molar-refractivity contribution is 7.86. The molecule has 0 unspecified atom stereocenters. The molecule has 0 spiro atoms. The Hall–Kier alpha value is -3.93. The second kappa shape index (κ2) is 10.1. The summed E-state index contributed by atoms with van der Waals surface area (Å²) in [6.07, 6.45) is 3.92. The van der Waals surface area contributed by atoms with Crippen molar-refractivity contribution in [2.75, 3.05) is 16.9 Å². The van der Waals surface area contributed by atoms with Gasteiger partial charge < -0.3 is 24.3 Å². The van der Waals surface area contributed by atoms with E-state index in [4.69, 9.17) is 13.7 Å². The quantitative estimate of drug-likeness (QED) is 0.388. The molecule has 184 valence electrons. The Morgan fingerprint density at radius 1 is 1.03 bits per heavy atom. The van der Waals surface area contributed by atoms with Crippen molar-refractivity contribution in [1.29, 1.82) is 0 Å². The van der Waals surface area contributed by atoms with Crippen molar-refractivity contribution in [2.45, 2.75) is 31.6 Å². The molecule has 1 amide bonds. The van der Waals surface area contributed by atoms with Crippen LogP contribution in [0.15, 0.2) is 52.9 Å². The normalized spacial score (nSPS) is 18.0. The van der Waals surface area contributed by atoms with Gasteiger partial charge in [0, 0.05) is 17.4 Å². The number of nitrogens with zero attached hydrogens (tertiary/aromatic N) is 2. The van der Waals surface area contributed by atoms with E-state index in [0.717, 1.165) is 24.7 Å². The number of carbonyl (C=O) groups excluding carboxylic acids is 1. The molecule has 11 nitrogen and oxygen atoms in total. The van der Waals surface area contributed by atoms with Gasteiger partial charge in [-0.25, -0.2) is 0 Å². The predicted octanol–water partition coefficient (Wildman–Crippen LogP) is 3.76. The first-order chi connectivity index (χ1) is 16.7. The van der Waals surface area contributed by atoms with Gasteiger partial charge >= 0.3 is 33.9 Å². The Balaban J connectivity index is 1.34. The third kappa shape index (κ3) is 6.57. The minimum Gasteiger partial charge on any atom is -0.481 e. The van der Waals surface area contributed by atoms with E-state index in [0.29, 0.717) is 30.1 Å². The van der Waals surface area contributed by atoms with E-state index in [-0.39, 0.29) is 23.6 Å². The van der Waals surface area contributed by atoms with Gasteiger partial charge in [0.2, 0.25) is 0 Å². The lowest BCUT2D eigenvalue weighted by Gasteiger charge is -2.26. The van der Waals surface area contributed by atoms with Crippen LogP contribution in [-0.4, -0.2) is 41.9 Å². The lowest BCUT2D eigenvalue weighted by atomic mass is 9.79. The number of aliphatic carboxylic acids is 1. The number of hydrogen-bond donors (Lipinski definition) is 3. The highest BCUT2D eigenvalue weighted by Gasteiger charge is 2.26. The zero-order valence-corrected chi connectivity index (χ0v) is 19.6. The number of amides is 1. The minimum atomic E-state index is -3.67. The molecule has 1 aliphatic carbocycles. The van der Waals surface area contributed by atoms with E-state index in [1.54, 1.807) is 24.3 Å². The molecule has 3 aromatic rings. The van der Waals surface area contributed by atoms with E-state index in [9.17, 15) is 18.0 Å². The molecule has 1 fully saturated rings. The third-order valence-corrected chi connectivity index (χ3v) is 6.16. The topological polar surface area (TPSA) is 161 Å². The Labute approximate surface area is 201 Å². The Kier molecular flexibility index (Phi) is 7.01. The van der Waals surface area contributed by atoms with Crippen molar-refractivity contribution < 1.29 is 31.7 Å². The Morgan fingerprint density at radius 2 is 1.74 bits per heavy atom. The first-order valence-electron chi connectivity index (χ1n) is 10.9. The molecule has 3 N–H and O–H groups in total. The number of carbonyl (C=O) groups is 2. The highest BCUT2D eigenvalue weighted by Crippen LogP contribution is 2.36. The van der Waals surface area contributed by atoms with Crippen molar-refractivity contribution in [1.82, 2.24) is 10.2 Å². The molecule has 2 aromatic carbocycles. The summed E-state index contributed by atoms with van der Waals surface area (Å²) in [5, 5.41) is 22.2. The number of aromatic nitrogens is 2. The number of nitrogens with one attached hydrogen (secondary N) is 2. The van der Waals surface area contributed by atoms with Crippen LogP contribution in [-0.2, 0) is 14.9 Å². The maximum Gasteiger partial charge on any atom is 0.320 e. The van der Waals surface area contributed by atoms with Crippen LogP contribution in [0.2, 0.25) is 0 Å². The monoisotopic (exact) mass is 500 g/mol. The van der Waals surface area contributed by atoms with Crippen molar-refractivity contribution >= 4 is 39.4 Å². The maximum atomic E-state index is 12.5. The number of carboxylic acids is 1. The van der Waals surface area contributed by atoms with Gasteiger partial charge in [0.15, 0.2) is 0 Å². The summed E-state index contributed by atoms with van der Waals surface area (Å²) in [7, 11) is -3.67. The summed E-state index contributed by atoms with van der Waals surface area (Å²) in [5.41, 5.74) is 2.09. The lowest BCUT2D eigenvalue weighted by Crippen LogP contribution is -2.20. The fraction of sp³-hybridized carbons (Fsp3) is 0.304. The van der Waals surface area contributed by atoms with Gasteiger partial charge in [0.25, 0.3) is 0 Å². The zero-order chi connectivity index (χ0) is 25.0. The Morgan fingerprint density at radius 3 is 2.40 bits per heavy atom. The highest BCUT2D eigenvalue weighted by atomic mass is 32.2. The number of carboxylic acid groups (broad SMARTS) is 1. The van der Waals surface area contributed by atoms with Crippen LogP contribution in [0, 0.1) is 5.92 Å². The number of anilines is 3. The smallest absolute Gasteiger partial charge is 0.320 e. The second-order valence-corrected chi connectivity index (χ2v) is 9.89. The first kappa shape index (κ1) is 24.2. The van der Waals surface area contributed by atoms with E-state index in [1.165, 1.54) is 12.1 Å². The van der Waals surface area contributed by atoms with Crippen molar-refractivity contribution in [3.8, 4) is 5.75 Å². The van der Waals surface area contributed by atoms with Crippen LogP contribution < -0.4 is 14.8 Å². The first-order valence-corrected chi connectivity index (χ1v) is 12.7. The number of rotatable bonds is 8. The second-order valence-electron chi connectivity index (χ2n) is 8.32. The van der Waals surface area contributed by atoms with E-state index >= 15 is 0 Å². The SMILES string of the molecule is CS(=O)(=O)Oc1cccc(Nc2nnc(C(=O)Nc3ccc([C@H]4CC[C@H](C(=O)O)CC4)cc3)o2)c1. The van der Waals surface area contributed by atoms with Crippen LogP contribution in [0.25, 0.3) is 0 Å². The molecule has 0 bridgehead atoms. The molecular weight excluding hydrogens is 476 g/mol. The van der Waals surface area contributed by atoms with Crippen LogP contribution in [0.3, 0.4) is 0 Å². The summed E-state index contributed by atoms with van der Waals surface area (Å²) in [5.74, 6) is -1.42. The molecule has 1 aliphatic rings. The predicted molar refractivity (Wildman–Crippen MR) is 126 cm³/mol. The molecule has 35 heavy (non-hydrogen) atoms. The van der Waals surface area contributed by atoms with Crippen LogP contribution in [0.4, 0.5) is 17.4 Å². The van der Waals surface area contributed by atoms with Crippen molar-refractivity contribution in [2.24, 2.45) is 5.92 Å². The van der Waals surface area contributed by atoms with Gasteiger partial charge in [0.05, 0.1) is 12.2 Å². The summed E-state index contributed by atoms with van der Waals surface area (Å²) in [6.45, 7) is 0. The summed E-state index contributed by atoms with van der Waals surface area (Å²) in [4.78, 5) is 23.6. The lowest BCUT2D eigenvalue weighted by molar-refractivity contribution is -0.142. The maximum absolute atomic E-state index is 12.5. The molecule has 0 saturated heterocycles. The number of benzene rings is 2. The van der Waals surface area contributed by atoms with E-state index in [2.05, 4.69) is 20.8 Å². The fourth-order valence-electron chi connectivity index (χ4n) is 3.99. The average Bonchev–Trinajstić information content (AvgIpc) is 3.27. The van der Waals surface area contributed by atoms with E-state index < -0.39 is 22.0 Å². The van der Waals surface area contributed by atoms with Crippen LogP contribution >= 0.6 is 0 Å². The molecular formula is C23H24N4O7S. The standard InChI is InChI=1S/C23H24N4O7S/c1-35(31,32)34-19-4-2-3-18(13-19)25-23-27-26-21(33-23)20(28)24-17-11-9-15(10-12-17)14-5-7-16(8-6-14)22(29)30/h2-4,9-14,16H,5-8H2,1H3,(H,24,28)(H,25,27)(H,29,30)/t14-,16-.